The van der Waals surface area contributed by atoms with Crippen LogP contribution in [0.3, 0.4) is 0 Å². The molecule has 0 aromatic heterocycles. The van der Waals surface area contributed by atoms with Gasteiger partial charge < -0.3 is 15.3 Å². The van der Waals surface area contributed by atoms with E-state index in [1.807, 2.05) is 5.32 Å². The van der Waals surface area contributed by atoms with Crippen LogP contribution >= 0.6 is 0 Å². The molecule has 0 aliphatic carbocycles. The molecule has 4 N–H and O–H groups in total. The zero-order chi connectivity index (χ0) is 8.36. The normalized spacial score (nSPS) is 14.8. The molecule has 0 saturated heterocycles. The van der Waals surface area contributed by atoms with E-state index in [9.17, 15) is 4.79 Å². The van der Waals surface area contributed by atoms with E-state index in [2.05, 4.69) is 0 Å². The van der Waals surface area contributed by atoms with E-state index < -0.39 is 17.9 Å². The Kier molecular flexibility index (Phi) is 2.77. The maximum Gasteiger partial charge on any atom is 0.320 e. The second-order valence-corrected chi connectivity index (χ2v) is 2.23. The van der Waals surface area contributed by atoms with Crippen LogP contribution in [-0.2, 0) is 4.79 Å². The largest absolute Gasteiger partial charge is 0.480 e. The summed E-state index contributed by atoms with van der Waals surface area (Å²) < 4.78 is 0. The van der Waals surface area contributed by atoms with E-state index in [4.69, 9.17) is 15.3 Å². The summed E-state index contributed by atoms with van der Waals surface area (Å²) in [7, 11) is 0. The molecule has 0 fully saturated rings. The minimum Gasteiger partial charge on any atom is -0.480 e. The molecule has 0 heterocycles. The molecule has 0 radical (unpaired) electrons. The monoisotopic (exact) mass is 149 g/mol. The summed E-state index contributed by atoms with van der Waals surface area (Å²) in [6.07, 6.45) is 0. The van der Waals surface area contributed by atoms with Crippen molar-refractivity contribution in [3.05, 3.63) is 0 Å². The molecule has 0 amide bonds. The highest BCUT2D eigenvalue weighted by atomic mass is 16.5. The Morgan fingerprint density at radius 3 is 2.10 bits per heavy atom. The predicted octanol–water partition coefficient (Wildman–Crippen LogP) is -1.29. The summed E-state index contributed by atoms with van der Waals surface area (Å²) >= 11 is 0. The number of hydrogen-bond acceptors (Lipinski definition) is 4. The first-order valence-corrected chi connectivity index (χ1v) is 2.78. The van der Waals surface area contributed by atoms with Gasteiger partial charge in [0.05, 0.1) is 0 Å². The fraction of sp³-hybridized carbons (Fsp3) is 0.800. The van der Waals surface area contributed by atoms with Gasteiger partial charge in [-0.1, -0.05) is 0 Å². The second kappa shape index (κ2) is 2.96. The lowest BCUT2D eigenvalue weighted by Gasteiger charge is -2.20. The summed E-state index contributed by atoms with van der Waals surface area (Å²) in [5, 5.41) is 27.5. The molecule has 1 unspecified atom stereocenters. The van der Waals surface area contributed by atoms with Gasteiger partial charge in [-0.2, -0.15) is 0 Å². The van der Waals surface area contributed by atoms with Crippen LogP contribution in [0.1, 0.15) is 13.8 Å². The Bertz CT molecular complexity index is 128. The summed E-state index contributed by atoms with van der Waals surface area (Å²) in [4.78, 5) is 10.1. The van der Waals surface area contributed by atoms with Gasteiger partial charge in [-0.3, -0.25) is 10.1 Å². The molecule has 0 aromatic carbocycles. The zero-order valence-corrected chi connectivity index (χ0v) is 5.83. The third kappa shape index (κ3) is 4.25. The highest BCUT2D eigenvalue weighted by Crippen LogP contribution is 1.93. The molecular weight excluding hydrogens is 138 g/mol. The van der Waals surface area contributed by atoms with E-state index in [1.165, 1.54) is 6.92 Å². The lowest BCUT2D eigenvalue weighted by Crippen LogP contribution is -2.49. The van der Waals surface area contributed by atoms with Crippen LogP contribution in [0, 0.1) is 0 Å². The number of nitrogens with one attached hydrogen (secondary N) is 1. The van der Waals surface area contributed by atoms with Gasteiger partial charge in [-0.05, 0) is 6.92 Å². The van der Waals surface area contributed by atoms with Crippen molar-refractivity contribution in [1.29, 1.82) is 0 Å². The number of carbonyl (C=O) groups is 1. The van der Waals surface area contributed by atoms with Gasteiger partial charge >= 0.3 is 5.97 Å². The van der Waals surface area contributed by atoms with Crippen LogP contribution in [0.25, 0.3) is 0 Å². The van der Waals surface area contributed by atoms with Crippen molar-refractivity contribution < 1.29 is 20.1 Å². The third-order valence-electron chi connectivity index (χ3n) is 0.860. The fourth-order valence-electron chi connectivity index (χ4n) is 0.472. The van der Waals surface area contributed by atoms with Crippen molar-refractivity contribution in [3.8, 4) is 0 Å². The predicted molar refractivity (Wildman–Crippen MR) is 33.1 cm³/mol. The Morgan fingerprint density at radius 2 is 2.00 bits per heavy atom. The van der Waals surface area contributed by atoms with Crippen LogP contribution in [0.15, 0.2) is 0 Å². The molecule has 5 heteroatoms. The van der Waals surface area contributed by atoms with Crippen molar-refractivity contribution in [2.45, 2.75) is 25.8 Å². The Labute approximate surface area is 58.3 Å². The van der Waals surface area contributed by atoms with Gasteiger partial charge in [-0.25, -0.2) is 0 Å². The lowest BCUT2D eigenvalue weighted by molar-refractivity contribution is -0.181. The molecule has 0 saturated carbocycles. The standard InChI is InChI=1S/C5H11NO4/c1-3(4(7)8)6-5(2,9)10/h3,6,9-10H,1-2H3,(H,7,8). The van der Waals surface area contributed by atoms with E-state index in [0.29, 0.717) is 0 Å². The quantitative estimate of drug-likeness (QED) is 0.375. The second-order valence-electron chi connectivity index (χ2n) is 2.23. The van der Waals surface area contributed by atoms with Crippen LogP contribution in [0.4, 0.5) is 0 Å². The Balaban J connectivity index is 3.80. The van der Waals surface area contributed by atoms with Gasteiger partial charge in [0, 0.05) is 6.92 Å². The van der Waals surface area contributed by atoms with Gasteiger partial charge in [0.25, 0.3) is 0 Å². The topological polar surface area (TPSA) is 89.8 Å². The van der Waals surface area contributed by atoms with Crippen molar-refractivity contribution in [2.75, 3.05) is 0 Å². The average Bonchev–Trinajstić information content (AvgIpc) is 1.60. The minimum atomic E-state index is -2.13. The molecule has 0 aliphatic rings. The highest BCUT2D eigenvalue weighted by molar-refractivity contribution is 5.72. The van der Waals surface area contributed by atoms with Crippen molar-refractivity contribution >= 4 is 5.97 Å². The van der Waals surface area contributed by atoms with Gasteiger partial charge in [-0.15, -0.1) is 0 Å². The van der Waals surface area contributed by atoms with E-state index in [0.717, 1.165) is 6.92 Å². The average molecular weight is 149 g/mol. The number of hydrogen-bond donors (Lipinski definition) is 4. The first-order valence-electron chi connectivity index (χ1n) is 2.78. The maximum absolute atomic E-state index is 10.1. The molecule has 0 rings (SSSR count). The lowest BCUT2D eigenvalue weighted by atomic mass is 10.3. The molecule has 60 valence electrons. The number of carboxylic acids is 1. The molecule has 1 atom stereocenters. The van der Waals surface area contributed by atoms with Crippen molar-refractivity contribution in [1.82, 2.24) is 5.32 Å². The van der Waals surface area contributed by atoms with E-state index >= 15 is 0 Å². The summed E-state index contributed by atoms with van der Waals surface area (Å²) in [6.45, 7) is 2.36. The van der Waals surface area contributed by atoms with E-state index in [-0.39, 0.29) is 0 Å². The number of carboxylic acid groups (broad SMARTS) is 1. The zero-order valence-electron chi connectivity index (χ0n) is 5.83. The summed E-state index contributed by atoms with van der Waals surface area (Å²) in [5.41, 5.74) is 0. The van der Waals surface area contributed by atoms with E-state index in [1.54, 1.807) is 0 Å². The summed E-state index contributed by atoms with van der Waals surface area (Å²) in [6, 6.07) is -0.972. The first-order chi connectivity index (χ1) is 4.33. The minimum absolute atomic E-state index is 0.972. The first kappa shape index (κ1) is 9.35. The third-order valence-corrected chi connectivity index (χ3v) is 0.860. The van der Waals surface area contributed by atoms with Crippen LogP contribution in [0.5, 0.6) is 0 Å². The van der Waals surface area contributed by atoms with Crippen LogP contribution in [0.2, 0.25) is 0 Å². The van der Waals surface area contributed by atoms with Crippen LogP contribution in [-0.4, -0.2) is 33.2 Å². The molecular formula is C5H11NO4. The Morgan fingerprint density at radius 1 is 1.60 bits per heavy atom. The molecule has 0 aliphatic heterocycles. The summed E-state index contributed by atoms with van der Waals surface area (Å²) in [5.74, 6) is -3.26. The highest BCUT2D eigenvalue weighted by Gasteiger charge is 2.21. The van der Waals surface area contributed by atoms with Gasteiger partial charge in [0.2, 0.25) is 5.91 Å². The van der Waals surface area contributed by atoms with Crippen molar-refractivity contribution in [3.63, 3.8) is 0 Å². The molecule has 0 aromatic rings. The number of aliphatic hydroxyl groups is 2. The SMILES string of the molecule is CC(NC(C)(O)O)C(=O)O. The van der Waals surface area contributed by atoms with Crippen molar-refractivity contribution in [2.24, 2.45) is 0 Å². The number of aliphatic carboxylic acids is 1. The van der Waals surface area contributed by atoms with Gasteiger partial charge in [0.15, 0.2) is 0 Å². The molecule has 5 nitrogen and oxygen atoms in total. The van der Waals surface area contributed by atoms with Crippen LogP contribution < -0.4 is 5.32 Å². The fourth-order valence-corrected chi connectivity index (χ4v) is 0.472. The molecule has 10 heavy (non-hydrogen) atoms. The Hall–Kier alpha value is -0.650. The smallest absolute Gasteiger partial charge is 0.320 e. The maximum atomic E-state index is 10.1. The molecule has 0 spiro atoms. The molecule has 0 bridgehead atoms. The number of rotatable bonds is 3. The van der Waals surface area contributed by atoms with Gasteiger partial charge in [0.1, 0.15) is 6.04 Å².